The van der Waals surface area contributed by atoms with E-state index in [9.17, 15) is 19.5 Å². The van der Waals surface area contributed by atoms with Gasteiger partial charge < -0.3 is 14.2 Å². The van der Waals surface area contributed by atoms with E-state index in [-0.39, 0.29) is 23.5 Å². The quantitative estimate of drug-likeness (QED) is 0.529. The molecule has 4 rings (SSSR count). The van der Waals surface area contributed by atoms with Crippen molar-refractivity contribution >= 4 is 40.1 Å². The summed E-state index contributed by atoms with van der Waals surface area (Å²) in [5.74, 6) is -1.25. The molecular weight excluding hydrogens is 410 g/mol. The minimum absolute atomic E-state index is 0.00859. The van der Waals surface area contributed by atoms with Crippen LogP contribution in [0.15, 0.2) is 32.3 Å². The molecule has 0 amide bonds. The third kappa shape index (κ3) is 2.75. The number of aromatic carboxylic acids is 1. The molecule has 4 heterocycles. The molecule has 0 unspecified atom stereocenters. The Bertz CT molecular complexity index is 1360. The summed E-state index contributed by atoms with van der Waals surface area (Å²) in [4.78, 5) is 41.1. The van der Waals surface area contributed by atoms with Gasteiger partial charge in [-0.2, -0.15) is 0 Å². The minimum Gasteiger partial charge on any atom is -0.475 e. The predicted octanol–water partition coefficient (Wildman–Crippen LogP) is 1.55. The fraction of sp³-hybridized carbons (Fsp3) is 0.188. The zero-order valence-electron chi connectivity index (χ0n) is 14.5. The van der Waals surface area contributed by atoms with Crippen molar-refractivity contribution in [3.63, 3.8) is 0 Å². The third-order valence-electron chi connectivity index (χ3n) is 4.23. The number of thiophene rings is 1. The number of carboxylic acid groups (broad SMARTS) is 1. The lowest BCUT2D eigenvalue weighted by molar-refractivity contribution is 0.0679. The van der Waals surface area contributed by atoms with E-state index in [4.69, 9.17) is 16.1 Å². The van der Waals surface area contributed by atoms with E-state index in [0.717, 1.165) is 14.0 Å². The predicted molar refractivity (Wildman–Crippen MR) is 101 cm³/mol. The summed E-state index contributed by atoms with van der Waals surface area (Å²) in [7, 11) is 2.73. The van der Waals surface area contributed by atoms with Crippen molar-refractivity contribution < 1.29 is 14.4 Å². The van der Waals surface area contributed by atoms with Crippen LogP contribution in [0.2, 0.25) is 4.34 Å². The molecule has 0 spiro atoms. The summed E-state index contributed by atoms with van der Waals surface area (Å²) in [6.07, 6.45) is 0. The Balaban J connectivity index is 1.88. The highest BCUT2D eigenvalue weighted by molar-refractivity contribution is 7.19. The van der Waals surface area contributed by atoms with E-state index < -0.39 is 17.2 Å². The molecule has 0 saturated carbocycles. The highest BCUT2D eigenvalue weighted by Gasteiger charge is 2.24. The first-order valence-corrected chi connectivity index (χ1v) is 9.08. The summed E-state index contributed by atoms with van der Waals surface area (Å²) in [6.45, 7) is -0.0752. The summed E-state index contributed by atoms with van der Waals surface area (Å²) >= 11 is 7.23. The molecule has 1 N–H and O–H groups in total. The first-order chi connectivity index (χ1) is 13.3. The Morgan fingerprint density at radius 2 is 2.04 bits per heavy atom. The van der Waals surface area contributed by atoms with Crippen LogP contribution < -0.4 is 11.2 Å². The van der Waals surface area contributed by atoms with Crippen LogP contribution >= 0.6 is 22.9 Å². The molecule has 0 saturated heterocycles. The van der Waals surface area contributed by atoms with Gasteiger partial charge in [0, 0.05) is 20.2 Å². The lowest BCUT2D eigenvalue weighted by Crippen LogP contribution is -2.37. The van der Waals surface area contributed by atoms with Crippen molar-refractivity contribution in [2.24, 2.45) is 14.1 Å². The third-order valence-corrected chi connectivity index (χ3v) is 5.48. The summed E-state index contributed by atoms with van der Waals surface area (Å²) < 4.78 is 9.13. The number of halogens is 1. The van der Waals surface area contributed by atoms with Crippen molar-refractivity contribution in [2.75, 3.05) is 0 Å². The topological polar surface area (TPSA) is 125 Å². The molecule has 0 aliphatic carbocycles. The van der Waals surface area contributed by atoms with E-state index in [1.165, 1.54) is 30.0 Å². The monoisotopic (exact) mass is 421 g/mol. The molecule has 0 aliphatic rings. The van der Waals surface area contributed by atoms with Gasteiger partial charge in [-0.25, -0.2) is 14.6 Å². The normalized spacial score (nSPS) is 11.4. The molecule has 0 radical (unpaired) electrons. The van der Waals surface area contributed by atoms with Crippen LogP contribution in [0.3, 0.4) is 0 Å². The second kappa shape index (κ2) is 6.46. The molecule has 0 aromatic carbocycles. The van der Waals surface area contributed by atoms with E-state index in [1.54, 1.807) is 18.2 Å². The number of hydrogen-bond acceptors (Lipinski definition) is 7. The van der Waals surface area contributed by atoms with E-state index >= 15 is 0 Å². The van der Waals surface area contributed by atoms with E-state index in [0.29, 0.717) is 15.8 Å². The second-order valence-corrected chi connectivity index (χ2v) is 7.71. The van der Waals surface area contributed by atoms with Gasteiger partial charge in [-0.1, -0.05) is 16.8 Å². The lowest BCUT2D eigenvalue weighted by Gasteiger charge is -2.06. The van der Waals surface area contributed by atoms with Crippen molar-refractivity contribution in [3.8, 4) is 10.6 Å². The number of rotatable bonds is 4. The molecule has 28 heavy (non-hydrogen) atoms. The SMILES string of the molecule is Cn1c(=O)c2c(nc(C(=O)O)n2Cc2cc(-c3ccc(Cl)s3)on2)n(C)c1=O. The Kier molecular flexibility index (Phi) is 4.20. The maximum atomic E-state index is 12.6. The Hall–Kier alpha value is -3.18. The van der Waals surface area contributed by atoms with E-state index in [1.807, 2.05) is 0 Å². The lowest BCUT2D eigenvalue weighted by atomic mass is 10.3. The van der Waals surface area contributed by atoms with Gasteiger partial charge in [0.25, 0.3) is 5.56 Å². The molecule has 12 heteroatoms. The number of aromatic nitrogens is 5. The average molecular weight is 422 g/mol. The molecule has 0 aliphatic heterocycles. The van der Waals surface area contributed by atoms with Crippen LogP contribution in [0.25, 0.3) is 21.8 Å². The maximum absolute atomic E-state index is 12.6. The smallest absolute Gasteiger partial charge is 0.372 e. The highest BCUT2D eigenvalue weighted by Crippen LogP contribution is 2.31. The first kappa shape index (κ1) is 18.2. The summed E-state index contributed by atoms with van der Waals surface area (Å²) in [6, 6.07) is 5.13. The fourth-order valence-electron chi connectivity index (χ4n) is 2.87. The molecular formula is C16H12ClN5O5S. The Morgan fingerprint density at radius 3 is 2.68 bits per heavy atom. The van der Waals surface area contributed by atoms with Gasteiger partial charge >= 0.3 is 11.7 Å². The van der Waals surface area contributed by atoms with Gasteiger partial charge in [-0.05, 0) is 12.1 Å². The average Bonchev–Trinajstić information content (AvgIpc) is 3.37. The van der Waals surface area contributed by atoms with Gasteiger partial charge in [0.05, 0.1) is 15.8 Å². The van der Waals surface area contributed by atoms with Crippen LogP contribution in [0.5, 0.6) is 0 Å². The number of nitrogens with zero attached hydrogens (tertiary/aromatic N) is 5. The number of imidazole rings is 1. The van der Waals surface area contributed by atoms with Crippen molar-refractivity contribution in [3.05, 3.63) is 54.9 Å². The largest absolute Gasteiger partial charge is 0.475 e. The summed E-state index contributed by atoms with van der Waals surface area (Å²) in [5, 5.41) is 13.5. The Morgan fingerprint density at radius 1 is 1.29 bits per heavy atom. The van der Waals surface area contributed by atoms with Gasteiger partial charge in [0.1, 0.15) is 5.69 Å². The molecule has 0 atom stereocenters. The number of carboxylic acids is 1. The molecule has 144 valence electrons. The molecule has 0 fully saturated rings. The number of hydrogen-bond donors (Lipinski definition) is 1. The first-order valence-electron chi connectivity index (χ1n) is 7.88. The van der Waals surface area contributed by atoms with Crippen LogP contribution in [0.4, 0.5) is 0 Å². The van der Waals surface area contributed by atoms with Crippen LogP contribution in [-0.4, -0.2) is 34.9 Å². The summed E-state index contributed by atoms with van der Waals surface area (Å²) in [5.41, 5.74) is -0.883. The number of carbonyl (C=O) groups is 1. The van der Waals surface area contributed by atoms with Crippen molar-refractivity contribution in [2.45, 2.75) is 6.54 Å². The van der Waals surface area contributed by atoms with Crippen molar-refractivity contribution in [1.29, 1.82) is 0 Å². The van der Waals surface area contributed by atoms with Crippen molar-refractivity contribution in [1.82, 2.24) is 23.8 Å². The highest BCUT2D eigenvalue weighted by atomic mass is 35.5. The zero-order valence-corrected chi connectivity index (χ0v) is 16.1. The van der Waals surface area contributed by atoms with E-state index in [2.05, 4.69) is 10.1 Å². The maximum Gasteiger partial charge on any atom is 0.372 e. The van der Waals surface area contributed by atoms with Crippen LogP contribution in [0, 0.1) is 0 Å². The van der Waals surface area contributed by atoms with Crippen LogP contribution in [-0.2, 0) is 20.6 Å². The number of fused-ring (bicyclic) bond motifs is 1. The van der Waals surface area contributed by atoms with Gasteiger partial charge in [0.2, 0.25) is 5.82 Å². The van der Waals surface area contributed by atoms with Crippen LogP contribution in [0.1, 0.15) is 16.3 Å². The standard InChI is InChI=1S/C16H12ClN5O5S/c1-20-12-11(14(23)21(2)16(20)26)22(13(18-12)15(24)25)6-7-5-8(27-19-7)9-3-4-10(17)28-9/h3-5H,6H2,1-2H3,(H,24,25). The second-order valence-electron chi connectivity index (χ2n) is 5.99. The fourth-order valence-corrected chi connectivity index (χ4v) is 3.87. The zero-order chi connectivity index (χ0) is 20.2. The Labute approximate surface area is 164 Å². The molecule has 4 aromatic heterocycles. The van der Waals surface area contributed by atoms with Gasteiger partial charge in [-0.15, -0.1) is 11.3 Å². The van der Waals surface area contributed by atoms with Gasteiger partial charge in [-0.3, -0.25) is 13.9 Å². The molecule has 0 bridgehead atoms. The molecule has 4 aromatic rings. The van der Waals surface area contributed by atoms with Gasteiger partial charge in [0.15, 0.2) is 16.9 Å². The minimum atomic E-state index is -1.33. The molecule has 10 nitrogen and oxygen atoms in total. The number of aryl methyl sites for hydroxylation is 1.